The third-order valence-corrected chi connectivity index (χ3v) is 6.96. The maximum absolute atomic E-state index is 14.3. The molecular weight excluding hydrogens is 413 g/mol. The number of hydrogen-bond donors (Lipinski definition) is 1. The van der Waals surface area contributed by atoms with Crippen LogP contribution in [-0.2, 0) is 16.6 Å². The molecule has 1 saturated carbocycles. The number of aryl methyl sites for hydroxylation is 1. The topological polar surface area (TPSA) is 80.7 Å². The lowest BCUT2D eigenvalue weighted by Crippen LogP contribution is -2.42. The molecule has 4 rings (SSSR count). The van der Waals surface area contributed by atoms with E-state index in [1.54, 1.807) is 12.3 Å². The molecule has 6 nitrogen and oxygen atoms in total. The predicted octanol–water partition coefficient (Wildman–Crippen LogP) is 4.83. The lowest BCUT2D eigenvalue weighted by Gasteiger charge is -2.41. The number of nitrogens with one attached hydrogen (secondary N) is 1. The van der Waals surface area contributed by atoms with Crippen molar-refractivity contribution < 1.29 is 9.18 Å². The molecule has 0 aliphatic heterocycles. The molecule has 8 heteroatoms. The molecule has 1 aliphatic carbocycles. The highest BCUT2D eigenvalue weighted by molar-refractivity contribution is 7.15. The average Bonchev–Trinajstić information content (AvgIpc) is 3.22. The van der Waals surface area contributed by atoms with Gasteiger partial charge in [0.2, 0.25) is 0 Å². The van der Waals surface area contributed by atoms with Crippen molar-refractivity contribution in [3.8, 4) is 10.7 Å². The molecule has 31 heavy (non-hydrogen) atoms. The minimum Gasteiger partial charge on any atom is -0.368 e. The number of halogens is 1. The molecule has 0 amide bonds. The number of carbonyl (C=O) groups is 1. The number of nitrogens with zero attached hydrogens (tertiary/aromatic N) is 4. The van der Waals surface area contributed by atoms with Crippen LogP contribution in [0.4, 0.5) is 10.2 Å². The Hall–Kier alpha value is -2.74. The van der Waals surface area contributed by atoms with Crippen molar-refractivity contribution in [1.29, 1.82) is 0 Å². The fourth-order valence-electron chi connectivity index (χ4n) is 3.75. The van der Waals surface area contributed by atoms with Crippen molar-refractivity contribution in [2.45, 2.75) is 51.4 Å². The van der Waals surface area contributed by atoms with E-state index in [0.717, 1.165) is 29.1 Å². The minimum atomic E-state index is -0.288. The molecule has 0 saturated heterocycles. The average molecular weight is 440 g/mol. The first-order valence-corrected chi connectivity index (χ1v) is 11.4. The Morgan fingerprint density at radius 1 is 1.23 bits per heavy atom. The summed E-state index contributed by atoms with van der Waals surface area (Å²) < 4.78 is 14.3. The highest BCUT2D eigenvalue weighted by Gasteiger charge is 2.41. The Labute approximate surface area is 185 Å². The fraction of sp³-hybridized carbons (Fsp3) is 0.435. The Kier molecular flexibility index (Phi) is 6.36. The molecule has 3 heterocycles. The Balaban J connectivity index is 1.38. The Bertz CT molecular complexity index is 1050. The van der Waals surface area contributed by atoms with Crippen LogP contribution in [0.15, 0.2) is 36.7 Å². The largest absolute Gasteiger partial charge is 0.368 e. The third-order valence-electron chi connectivity index (χ3n) is 5.88. The summed E-state index contributed by atoms with van der Waals surface area (Å²) in [5, 5.41) is 12.7. The summed E-state index contributed by atoms with van der Waals surface area (Å²) in [5.41, 5.74) is 0.944. The smallest absolute Gasteiger partial charge is 0.148 e. The van der Waals surface area contributed by atoms with Gasteiger partial charge in [0.05, 0.1) is 5.69 Å². The molecule has 0 bridgehead atoms. The molecular formula is C23H26FN5OS. The molecule has 0 radical (unpaired) electrons. The molecule has 3 aromatic rings. The molecule has 3 aromatic heterocycles. The number of Topliss-reactive ketones (excluding diaryl/α,β-unsaturated/α-hetero) is 1. The fourth-order valence-corrected chi connectivity index (χ4v) is 4.63. The number of thiazole rings is 1. The van der Waals surface area contributed by atoms with Crippen LogP contribution >= 0.6 is 11.3 Å². The molecule has 1 aliphatic rings. The molecule has 1 fully saturated rings. The summed E-state index contributed by atoms with van der Waals surface area (Å²) in [7, 11) is 0. The number of hydrogen-bond acceptors (Lipinski definition) is 7. The van der Waals surface area contributed by atoms with Crippen molar-refractivity contribution >= 4 is 22.9 Å². The van der Waals surface area contributed by atoms with Gasteiger partial charge in [0.25, 0.3) is 0 Å². The van der Waals surface area contributed by atoms with Crippen molar-refractivity contribution in [2.24, 2.45) is 5.92 Å². The van der Waals surface area contributed by atoms with Crippen LogP contribution in [0.5, 0.6) is 0 Å². The first-order chi connectivity index (χ1) is 15.0. The highest BCUT2D eigenvalue weighted by Crippen LogP contribution is 2.43. The number of ketones is 1. The summed E-state index contributed by atoms with van der Waals surface area (Å²) in [6, 6.07) is 6.84. The van der Waals surface area contributed by atoms with Gasteiger partial charge in [-0.2, -0.15) is 0 Å². The standard InChI is InChI=1S/C23H26FN5OS/c1-15(2)19(30)8-6-16-13-26-22(31-16)18-7-9-20(29-28-18)27-14-23(10-4-11-23)21-17(24)5-3-12-25-21/h3,5,7,9,12-13,15H,4,6,8,10-11,14H2,1-2H3,(H,27,29). The summed E-state index contributed by atoms with van der Waals surface area (Å²) in [4.78, 5) is 21.6. The zero-order valence-electron chi connectivity index (χ0n) is 17.8. The molecule has 1 N–H and O–H groups in total. The van der Waals surface area contributed by atoms with E-state index >= 15 is 0 Å². The van der Waals surface area contributed by atoms with Gasteiger partial charge in [-0.15, -0.1) is 21.5 Å². The van der Waals surface area contributed by atoms with Crippen LogP contribution in [0.2, 0.25) is 0 Å². The monoisotopic (exact) mass is 439 g/mol. The normalized spacial score (nSPS) is 15.0. The second-order valence-electron chi connectivity index (χ2n) is 8.38. The van der Waals surface area contributed by atoms with Gasteiger partial charge in [-0.25, -0.2) is 9.37 Å². The van der Waals surface area contributed by atoms with Crippen LogP contribution in [0.3, 0.4) is 0 Å². The van der Waals surface area contributed by atoms with Crippen LogP contribution in [0.25, 0.3) is 10.7 Å². The van der Waals surface area contributed by atoms with Gasteiger partial charge < -0.3 is 5.32 Å². The molecule has 162 valence electrons. The SMILES string of the molecule is CC(C)C(=O)CCc1cnc(-c2ccc(NCC3(c4ncccc4F)CCC3)nn2)s1. The third kappa shape index (κ3) is 4.79. The number of anilines is 1. The Morgan fingerprint density at radius 2 is 2.06 bits per heavy atom. The maximum Gasteiger partial charge on any atom is 0.148 e. The lowest BCUT2D eigenvalue weighted by atomic mass is 9.66. The molecule has 0 unspecified atom stereocenters. The van der Waals surface area contributed by atoms with Gasteiger partial charge in [0.1, 0.15) is 28.1 Å². The summed E-state index contributed by atoms with van der Waals surface area (Å²) in [6.07, 6.45) is 7.57. The number of rotatable bonds is 9. The van der Waals surface area contributed by atoms with Crippen molar-refractivity contribution in [2.75, 3.05) is 11.9 Å². The van der Waals surface area contributed by atoms with Crippen LogP contribution in [0, 0.1) is 11.7 Å². The van der Waals surface area contributed by atoms with Gasteiger partial charge in [0, 0.05) is 41.6 Å². The maximum atomic E-state index is 14.3. The summed E-state index contributed by atoms with van der Waals surface area (Å²) in [5.74, 6) is 0.720. The van der Waals surface area contributed by atoms with Gasteiger partial charge in [-0.3, -0.25) is 9.78 Å². The van der Waals surface area contributed by atoms with Gasteiger partial charge in [0.15, 0.2) is 0 Å². The van der Waals surface area contributed by atoms with Gasteiger partial charge in [-0.1, -0.05) is 20.3 Å². The van der Waals surface area contributed by atoms with Gasteiger partial charge >= 0.3 is 0 Å². The van der Waals surface area contributed by atoms with E-state index in [4.69, 9.17) is 0 Å². The number of pyridine rings is 1. The van der Waals surface area contributed by atoms with Crippen molar-refractivity contribution in [3.63, 3.8) is 0 Å². The predicted molar refractivity (Wildman–Crippen MR) is 120 cm³/mol. The molecule has 0 spiro atoms. The van der Waals surface area contributed by atoms with E-state index in [-0.39, 0.29) is 22.9 Å². The zero-order chi connectivity index (χ0) is 21.8. The Morgan fingerprint density at radius 3 is 2.71 bits per heavy atom. The molecule has 0 atom stereocenters. The van der Waals surface area contributed by atoms with E-state index in [9.17, 15) is 9.18 Å². The first-order valence-electron chi connectivity index (χ1n) is 10.6. The highest BCUT2D eigenvalue weighted by atomic mass is 32.1. The van der Waals surface area contributed by atoms with E-state index in [1.807, 2.05) is 32.2 Å². The van der Waals surface area contributed by atoms with E-state index < -0.39 is 0 Å². The minimum absolute atomic E-state index is 0.0616. The van der Waals surface area contributed by atoms with Crippen LogP contribution < -0.4 is 5.32 Å². The van der Waals surface area contributed by atoms with E-state index in [0.29, 0.717) is 36.6 Å². The van der Waals surface area contributed by atoms with Gasteiger partial charge in [-0.05, 0) is 43.5 Å². The van der Waals surface area contributed by atoms with E-state index in [2.05, 4.69) is 25.5 Å². The number of carbonyl (C=O) groups excluding carboxylic acids is 1. The second kappa shape index (κ2) is 9.18. The van der Waals surface area contributed by atoms with Crippen LogP contribution in [0.1, 0.15) is 50.1 Å². The van der Waals surface area contributed by atoms with Crippen molar-refractivity contribution in [1.82, 2.24) is 20.2 Å². The molecule has 0 aromatic carbocycles. The van der Waals surface area contributed by atoms with Crippen molar-refractivity contribution in [3.05, 3.63) is 53.0 Å². The first kappa shape index (κ1) is 21.5. The van der Waals surface area contributed by atoms with Crippen LogP contribution in [-0.4, -0.2) is 32.5 Å². The van der Waals surface area contributed by atoms with E-state index in [1.165, 1.54) is 17.4 Å². The quantitative estimate of drug-likeness (QED) is 0.515. The number of aromatic nitrogens is 4. The lowest BCUT2D eigenvalue weighted by molar-refractivity contribution is -0.121. The summed E-state index contributed by atoms with van der Waals surface area (Å²) >= 11 is 1.54. The second-order valence-corrected chi connectivity index (χ2v) is 9.49. The zero-order valence-corrected chi connectivity index (χ0v) is 18.6. The summed E-state index contributed by atoms with van der Waals surface area (Å²) in [6.45, 7) is 4.41.